The monoisotopic (exact) mass is 256 g/mol. The van der Waals surface area contributed by atoms with Gasteiger partial charge in [-0.2, -0.15) is 4.70 Å². The summed E-state index contributed by atoms with van der Waals surface area (Å²) in [6.07, 6.45) is 0. The third kappa shape index (κ3) is 3.52. The van der Waals surface area contributed by atoms with E-state index in [1.165, 1.54) is 11.3 Å². The van der Waals surface area contributed by atoms with E-state index in [9.17, 15) is 4.79 Å². The van der Waals surface area contributed by atoms with Gasteiger partial charge in [-0.3, -0.25) is 0 Å². The van der Waals surface area contributed by atoms with Gasteiger partial charge in [-0.1, -0.05) is 20.8 Å². The number of hydrogen-bond donors (Lipinski definition) is 2. The van der Waals surface area contributed by atoms with Crippen LogP contribution in [0.3, 0.4) is 0 Å². The van der Waals surface area contributed by atoms with Crippen LogP contribution in [0.15, 0.2) is 11.3 Å². The molecule has 0 aliphatic rings. The van der Waals surface area contributed by atoms with E-state index >= 15 is 0 Å². The molecule has 94 valence electrons. The molecule has 6 heteroatoms. The molecule has 0 saturated carbocycles. The summed E-state index contributed by atoms with van der Waals surface area (Å²) in [6.45, 7) is 6.16. The van der Waals surface area contributed by atoms with Crippen LogP contribution in [0.1, 0.15) is 35.3 Å². The van der Waals surface area contributed by atoms with Gasteiger partial charge in [0.05, 0.1) is 19.3 Å². The summed E-state index contributed by atoms with van der Waals surface area (Å²) in [5.41, 5.74) is 3.25. The molecule has 0 atom stereocenters. The standard InChI is InChI=1S/C11H17N3O2S/c1-11(2,3)8-6-7(12-13-14(4)5)9(17-8)10(15)16/h6H,1-5H3,(H,15,16)/p+1. The summed E-state index contributed by atoms with van der Waals surface area (Å²) in [5.74, 6) is -0.929. The largest absolute Gasteiger partial charge is 0.477 e. The molecule has 0 saturated heterocycles. The summed E-state index contributed by atoms with van der Waals surface area (Å²) in [6, 6.07) is 1.85. The van der Waals surface area contributed by atoms with Crippen LogP contribution >= 0.6 is 11.3 Å². The lowest BCUT2D eigenvalue weighted by atomic mass is 9.95. The lowest BCUT2D eigenvalue weighted by Gasteiger charge is -2.14. The average molecular weight is 256 g/mol. The van der Waals surface area contributed by atoms with Crippen LogP contribution in [0.25, 0.3) is 0 Å². The second-order valence-corrected chi connectivity index (χ2v) is 6.02. The number of thiophene rings is 1. The van der Waals surface area contributed by atoms with Gasteiger partial charge in [0.1, 0.15) is 0 Å². The molecule has 17 heavy (non-hydrogen) atoms. The molecule has 0 radical (unpaired) electrons. The van der Waals surface area contributed by atoms with Gasteiger partial charge in [-0.05, 0) is 5.41 Å². The second-order valence-electron chi connectivity index (χ2n) is 4.97. The van der Waals surface area contributed by atoms with Crippen molar-refractivity contribution in [3.8, 4) is 0 Å². The van der Waals surface area contributed by atoms with Crippen LogP contribution in [0.2, 0.25) is 0 Å². The van der Waals surface area contributed by atoms with E-state index in [0.717, 1.165) is 4.88 Å². The molecular formula is C11H18N3O2S+. The molecule has 0 amide bonds. The summed E-state index contributed by atoms with van der Waals surface area (Å²) in [5, 5.41) is 13.1. The Labute approximate surface area is 105 Å². The predicted octanol–water partition coefficient (Wildman–Crippen LogP) is 2.80. The third-order valence-electron chi connectivity index (χ3n) is 2.04. The molecule has 5 nitrogen and oxygen atoms in total. The Hall–Kier alpha value is -1.43. The van der Waals surface area contributed by atoms with E-state index in [4.69, 9.17) is 5.11 Å². The number of rotatable bonds is 3. The quantitative estimate of drug-likeness (QED) is 0.496. The highest BCUT2D eigenvalue weighted by atomic mass is 32.1. The number of carbonyl (C=O) groups is 1. The topological polar surface area (TPSA) is 64.7 Å². The zero-order chi connectivity index (χ0) is 13.2. The number of hydrogen-bond acceptors (Lipinski definition) is 3. The Morgan fingerprint density at radius 1 is 1.47 bits per heavy atom. The second kappa shape index (κ2) is 4.83. The molecule has 1 aromatic rings. The zero-order valence-corrected chi connectivity index (χ0v) is 11.6. The fourth-order valence-electron chi connectivity index (χ4n) is 1.16. The summed E-state index contributed by atoms with van der Waals surface area (Å²) >= 11 is 1.29. The van der Waals surface area contributed by atoms with Crippen LogP contribution in [0, 0.1) is 0 Å². The lowest BCUT2D eigenvalue weighted by Crippen LogP contribution is -2.08. The minimum atomic E-state index is -0.929. The number of carboxylic acids is 1. The molecule has 0 bridgehead atoms. The SMILES string of the molecule is C[N+](C)=NNc1cc(C(C)(C)C)sc1C(=O)O. The van der Waals surface area contributed by atoms with E-state index in [0.29, 0.717) is 10.6 Å². The van der Waals surface area contributed by atoms with Crippen molar-refractivity contribution < 1.29 is 14.6 Å². The van der Waals surface area contributed by atoms with Crippen LogP contribution in [-0.4, -0.2) is 29.9 Å². The van der Waals surface area contributed by atoms with Crippen molar-refractivity contribution >= 4 is 23.0 Å². The van der Waals surface area contributed by atoms with Crippen molar-refractivity contribution in [3.63, 3.8) is 0 Å². The Kier molecular flexibility index (Phi) is 3.87. The molecule has 1 rings (SSSR count). The van der Waals surface area contributed by atoms with Crippen molar-refractivity contribution in [2.24, 2.45) is 5.22 Å². The number of anilines is 1. The van der Waals surface area contributed by atoms with Crippen molar-refractivity contribution in [1.82, 2.24) is 0 Å². The van der Waals surface area contributed by atoms with Gasteiger partial charge in [0, 0.05) is 10.9 Å². The lowest BCUT2D eigenvalue weighted by molar-refractivity contribution is -0.535. The fraction of sp³-hybridized carbons (Fsp3) is 0.545. The number of nitrogens with one attached hydrogen (secondary N) is 1. The van der Waals surface area contributed by atoms with E-state index in [2.05, 4.69) is 31.4 Å². The molecular weight excluding hydrogens is 238 g/mol. The van der Waals surface area contributed by atoms with Crippen molar-refractivity contribution in [2.45, 2.75) is 26.2 Å². The fourth-order valence-corrected chi connectivity index (χ4v) is 2.16. The van der Waals surface area contributed by atoms with Gasteiger partial charge < -0.3 is 5.11 Å². The molecule has 0 spiro atoms. The molecule has 1 aromatic heterocycles. The summed E-state index contributed by atoms with van der Waals surface area (Å²) in [4.78, 5) is 12.4. The molecule has 2 N–H and O–H groups in total. The normalized spacial score (nSPS) is 11.1. The first-order valence-corrected chi connectivity index (χ1v) is 6.05. The minimum Gasteiger partial charge on any atom is -0.477 e. The maximum absolute atomic E-state index is 11.1. The maximum Gasteiger partial charge on any atom is 0.350 e. The first-order valence-electron chi connectivity index (χ1n) is 5.23. The Bertz CT molecular complexity index is 454. The summed E-state index contributed by atoms with van der Waals surface area (Å²) in [7, 11) is 3.54. The van der Waals surface area contributed by atoms with E-state index in [-0.39, 0.29) is 5.41 Å². The van der Waals surface area contributed by atoms with Crippen LogP contribution in [0.4, 0.5) is 5.69 Å². The number of aromatic carboxylic acids is 1. The number of nitrogens with zero attached hydrogens (tertiary/aromatic N) is 2. The van der Waals surface area contributed by atoms with E-state index < -0.39 is 5.97 Å². The highest BCUT2D eigenvalue weighted by Crippen LogP contribution is 2.35. The first-order chi connectivity index (χ1) is 7.71. The minimum absolute atomic E-state index is 0.0626. The third-order valence-corrected chi connectivity index (χ3v) is 3.58. The number of carboxylic acid groups (broad SMARTS) is 1. The molecule has 0 aliphatic carbocycles. The van der Waals surface area contributed by atoms with E-state index in [1.807, 2.05) is 6.07 Å². The van der Waals surface area contributed by atoms with Crippen LogP contribution < -0.4 is 5.43 Å². The van der Waals surface area contributed by atoms with Gasteiger partial charge in [0.15, 0.2) is 10.6 Å². The van der Waals surface area contributed by atoms with Crippen LogP contribution in [0.5, 0.6) is 0 Å². The Morgan fingerprint density at radius 3 is 2.47 bits per heavy atom. The highest BCUT2D eigenvalue weighted by Gasteiger charge is 2.24. The maximum atomic E-state index is 11.1. The smallest absolute Gasteiger partial charge is 0.350 e. The Morgan fingerprint density at radius 2 is 2.06 bits per heavy atom. The molecule has 1 heterocycles. The van der Waals surface area contributed by atoms with E-state index in [1.54, 1.807) is 18.8 Å². The van der Waals surface area contributed by atoms with Crippen molar-refractivity contribution in [2.75, 3.05) is 19.5 Å². The summed E-state index contributed by atoms with van der Waals surface area (Å²) < 4.78 is 1.58. The predicted molar refractivity (Wildman–Crippen MR) is 68.1 cm³/mol. The highest BCUT2D eigenvalue weighted by molar-refractivity contribution is 7.14. The average Bonchev–Trinajstić information content (AvgIpc) is 2.57. The molecule has 0 fully saturated rings. The van der Waals surface area contributed by atoms with Gasteiger partial charge in [-0.25, -0.2) is 4.79 Å². The van der Waals surface area contributed by atoms with Gasteiger partial charge in [0.2, 0.25) is 0 Å². The zero-order valence-electron chi connectivity index (χ0n) is 10.7. The van der Waals surface area contributed by atoms with Gasteiger partial charge >= 0.3 is 5.97 Å². The van der Waals surface area contributed by atoms with Crippen LogP contribution in [-0.2, 0) is 5.41 Å². The molecule has 0 aromatic carbocycles. The van der Waals surface area contributed by atoms with Gasteiger partial charge in [-0.15, -0.1) is 16.8 Å². The molecule has 0 unspecified atom stereocenters. The van der Waals surface area contributed by atoms with Crippen molar-refractivity contribution in [1.29, 1.82) is 0 Å². The Balaban J connectivity index is 3.15. The van der Waals surface area contributed by atoms with Gasteiger partial charge in [0.25, 0.3) is 0 Å². The van der Waals surface area contributed by atoms with Crippen molar-refractivity contribution in [3.05, 3.63) is 15.8 Å². The first kappa shape index (κ1) is 13.6. The molecule has 0 aliphatic heterocycles.